The number of anilines is 1. The van der Waals surface area contributed by atoms with Crippen molar-refractivity contribution in [2.75, 3.05) is 24.7 Å². The first-order valence-electron chi connectivity index (χ1n) is 5.21. The quantitative estimate of drug-likeness (QED) is 0.751. The Morgan fingerprint density at radius 2 is 2.13 bits per heavy atom. The second-order valence-corrected chi connectivity index (χ2v) is 4.21. The highest BCUT2D eigenvalue weighted by Gasteiger charge is 2.05. The van der Waals surface area contributed by atoms with Crippen molar-refractivity contribution in [3.63, 3.8) is 0 Å². The van der Waals surface area contributed by atoms with E-state index < -0.39 is 0 Å². The smallest absolute Gasteiger partial charge is 0.141 e. The zero-order chi connectivity index (χ0) is 11.3. The van der Waals surface area contributed by atoms with Gasteiger partial charge >= 0.3 is 0 Å². The zero-order valence-electron chi connectivity index (χ0n) is 9.58. The molecule has 0 aromatic heterocycles. The molecule has 0 bridgehead atoms. The molecular weight excluding hydrogens is 206 g/mol. The van der Waals surface area contributed by atoms with Crippen LogP contribution in [0.25, 0.3) is 0 Å². The largest absolute Gasteiger partial charge is 0.495 e. The van der Waals surface area contributed by atoms with Gasteiger partial charge in [-0.3, -0.25) is 0 Å². The molecule has 0 saturated heterocycles. The average Bonchev–Trinajstić information content (AvgIpc) is 2.25. The monoisotopic (exact) mass is 225 g/mol. The fourth-order valence-electron chi connectivity index (χ4n) is 1.41. The van der Waals surface area contributed by atoms with Gasteiger partial charge in [0.05, 0.1) is 12.8 Å². The highest BCUT2D eigenvalue weighted by molar-refractivity contribution is 7.80. The van der Waals surface area contributed by atoms with Crippen molar-refractivity contribution in [1.29, 1.82) is 0 Å². The van der Waals surface area contributed by atoms with Crippen LogP contribution in [0.4, 0.5) is 5.69 Å². The molecule has 1 N–H and O–H groups in total. The minimum absolute atomic E-state index is 0.535. The fourth-order valence-corrected chi connectivity index (χ4v) is 1.53. The van der Waals surface area contributed by atoms with Gasteiger partial charge in [-0.15, -0.1) is 0 Å². The Hall–Kier alpha value is -0.830. The van der Waals surface area contributed by atoms with Crippen LogP contribution in [0.5, 0.6) is 5.75 Å². The molecule has 3 heteroatoms. The Morgan fingerprint density at radius 3 is 2.67 bits per heavy atom. The second kappa shape index (κ2) is 5.91. The van der Waals surface area contributed by atoms with Gasteiger partial charge in [0.15, 0.2) is 0 Å². The van der Waals surface area contributed by atoms with Crippen molar-refractivity contribution < 1.29 is 4.74 Å². The number of methoxy groups -OCH3 is 1. The normalized spacial score (nSPS) is 10.5. The number of hydrogen-bond acceptors (Lipinski definition) is 3. The Kier molecular flexibility index (Phi) is 4.82. The third kappa shape index (κ3) is 3.34. The lowest BCUT2D eigenvalue weighted by atomic mass is 10.0. The summed E-state index contributed by atoms with van der Waals surface area (Å²) in [7, 11) is 1.69. The van der Waals surface area contributed by atoms with Crippen LogP contribution < -0.4 is 10.1 Å². The summed E-state index contributed by atoms with van der Waals surface area (Å²) in [6, 6.07) is 6.26. The molecule has 0 aliphatic heterocycles. The van der Waals surface area contributed by atoms with Crippen molar-refractivity contribution >= 4 is 18.3 Å². The van der Waals surface area contributed by atoms with Gasteiger partial charge < -0.3 is 10.1 Å². The first kappa shape index (κ1) is 12.2. The lowest BCUT2D eigenvalue weighted by Gasteiger charge is -2.13. The van der Waals surface area contributed by atoms with Crippen LogP contribution in [0, 0.1) is 0 Å². The molecule has 0 unspecified atom stereocenters. The highest BCUT2D eigenvalue weighted by atomic mass is 32.1. The molecule has 0 aliphatic rings. The maximum Gasteiger partial charge on any atom is 0.141 e. The van der Waals surface area contributed by atoms with E-state index in [9.17, 15) is 0 Å². The van der Waals surface area contributed by atoms with E-state index in [1.54, 1.807) is 7.11 Å². The molecule has 0 atom stereocenters. The van der Waals surface area contributed by atoms with E-state index in [-0.39, 0.29) is 0 Å². The Morgan fingerprint density at radius 1 is 1.40 bits per heavy atom. The highest BCUT2D eigenvalue weighted by Crippen LogP contribution is 2.28. The van der Waals surface area contributed by atoms with E-state index in [4.69, 9.17) is 4.74 Å². The number of nitrogens with one attached hydrogen (secondary N) is 1. The van der Waals surface area contributed by atoms with Crippen LogP contribution in [0.3, 0.4) is 0 Å². The predicted octanol–water partition coefficient (Wildman–Crippen LogP) is 3.16. The molecule has 0 spiro atoms. The predicted molar refractivity (Wildman–Crippen MR) is 69.4 cm³/mol. The molecule has 1 aromatic carbocycles. The third-order valence-corrected chi connectivity index (χ3v) is 2.54. The van der Waals surface area contributed by atoms with Crippen molar-refractivity contribution in [2.45, 2.75) is 19.8 Å². The van der Waals surface area contributed by atoms with Gasteiger partial charge in [0.1, 0.15) is 5.75 Å². The summed E-state index contributed by atoms with van der Waals surface area (Å²) in [6.45, 7) is 5.22. The van der Waals surface area contributed by atoms with Crippen LogP contribution in [-0.2, 0) is 0 Å². The van der Waals surface area contributed by atoms with E-state index in [0.29, 0.717) is 5.92 Å². The van der Waals surface area contributed by atoms with Crippen molar-refractivity contribution in [2.24, 2.45) is 0 Å². The maximum absolute atomic E-state index is 5.29. The number of rotatable bonds is 5. The third-order valence-electron chi connectivity index (χ3n) is 2.32. The summed E-state index contributed by atoms with van der Waals surface area (Å²) in [6.07, 6.45) is 0. The van der Waals surface area contributed by atoms with Gasteiger partial charge in [0, 0.05) is 12.3 Å². The fraction of sp³-hybridized carbons (Fsp3) is 0.500. The number of benzene rings is 1. The first-order valence-corrected chi connectivity index (χ1v) is 5.85. The molecule has 2 nitrogen and oxygen atoms in total. The van der Waals surface area contributed by atoms with Crippen LogP contribution in [-0.4, -0.2) is 19.4 Å². The van der Waals surface area contributed by atoms with Gasteiger partial charge in [0.2, 0.25) is 0 Å². The van der Waals surface area contributed by atoms with Gasteiger partial charge in [-0.25, -0.2) is 0 Å². The summed E-state index contributed by atoms with van der Waals surface area (Å²) < 4.78 is 5.29. The van der Waals surface area contributed by atoms with Crippen LogP contribution >= 0.6 is 12.6 Å². The van der Waals surface area contributed by atoms with Gasteiger partial charge in [0.25, 0.3) is 0 Å². The van der Waals surface area contributed by atoms with E-state index in [1.165, 1.54) is 5.56 Å². The molecule has 0 fully saturated rings. The number of thiol groups is 1. The molecule has 1 aromatic rings. The van der Waals surface area contributed by atoms with Crippen molar-refractivity contribution in [1.82, 2.24) is 0 Å². The van der Waals surface area contributed by atoms with E-state index in [0.717, 1.165) is 23.7 Å². The summed E-state index contributed by atoms with van der Waals surface area (Å²) in [4.78, 5) is 0. The zero-order valence-corrected chi connectivity index (χ0v) is 10.5. The Labute approximate surface area is 97.4 Å². The number of ether oxygens (including phenoxy) is 1. The minimum Gasteiger partial charge on any atom is -0.495 e. The standard InChI is InChI=1S/C12H19NOS/c1-9(2)10-4-5-12(14-3)11(8-10)13-6-7-15/h4-5,8-9,13,15H,6-7H2,1-3H3. The molecule has 0 heterocycles. The van der Waals surface area contributed by atoms with Crippen LogP contribution in [0.15, 0.2) is 18.2 Å². The van der Waals surface area contributed by atoms with Crippen LogP contribution in [0.1, 0.15) is 25.3 Å². The summed E-state index contributed by atoms with van der Waals surface area (Å²) in [5.41, 5.74) is 2.37. The molecule has 15 heavy (non-hydrogen) atoms. The van der Waals surface area contributed by atoms with Crippen LogP contribution in [0.2, 0.25) is 0 Å². The minimum atomic E-state index is 0.535. The summed E-state index contributed by atoms with van der Waals surface area (Å²) in [5, 5.41) is 3.31. The molecular formula is C12H19NOS. The van der Waals surface area contributed by atoms with E-state index in [1.807, 2.05) is 6.07 Å². The summed E-state index contributed by atoms with van der Waals surface area (Å²) >= 11 is 4.18. The Balaban J connectivity index is 2.91. The SMILES string of the molecule is COc1ccc(C(C)C)cc1NCCS. The first-order chi connectivity index (χ1) is 7.19. The lowest BCUT2D eigenvalue weighted by Crippen LogP contribution is -2.05. The second-order valence-electron chi connectivity index (χ2n) is 3.76. The average molecular weight is 225 g/mol. The molecule has 0 aliphatic carbocycles. The van der Waals surface area contributed by atoms with Crippen molar-refractivity contribution in [3.8, 4) is 5.75 Å². The van der Waals surface area contributed by atoms with Gasteiger partial charge in [-0.05, 0) is 23.6 Å². The molecule has 0 amide bonds. The number of hydrogen-bond donors (Lipinski definition) is 2. The molecule has 1 rings (SSSR count). The Bertz CT molecular complexity index is 312. The van der Waals surface area contributed by atoms with Crippen molar-refractivity contribution in [3.05, 3.63) is 23.8 Å². The van der Waals surface area contributed by atoms with E-state index in [2.05, 4.69) is 43.9 Å². The lowest BCUT2D eigenvalue weighted by molar-refractivity contribution is 0.416. The van der Waals surface area contributed by atoms with Gasteiger partial charge in [-0.2, -0.15) is 12.6 Å². The maximum atomic E-state index is 5.29. The summed E-state index contributed by atoms with van der Waals surface area (Å²) in [5.74, 6) is 2.24. The topological polar surface area (TPSA) is 21.3 Å². The van der Waals surface area contributed by atoms with Gasteiger partial charge in [-0.1, -0.05) is 19.9 Å². The van der Waals surface area contributed by atoms with E-state index >= 15 is 0 Å². The molecule has 0 radical (unpaired) electrons. The molecule has 84 valence electrons. The molecule has 0 saturated carbocycles.